The van der Waals surface area contributed by atoms with Crippen LogP contribution in [-0.2, 0) is 4.74 Å². The summed E-state index contributed by atoms with van der Waals surface area (Å²) in [6, 6.07) is 6.01. The monoisotopic (exact) mass is 222 g/mol. The molecular formula is C13H22N2O. The molecule has 0 spiro atoms. The SMILES string of the molecule is CC.Cc1ccc(N)c(NCC2CCO2)c1. The maximum Gasteiger partial charge on any atom is 0.0769 e. The molecule has 0 bridgehead atoms. The highest BCUT2D eigenvalue weighted by Crippen LogP contribution is 2.20. The normalized spacial score (nSPS) is 18.1. The molecule has 1 unspecified atom stereocenters. The van der Waals surface area contributed by atoms with E-state index in [9.17, 15) is 0 Å². The summed E-state index contributed by atoms with van der Waals surface area (Å²) in [5.74, 6) is 0. The molecule has 3 heteroatoms. The van der Waals surface area contributed by atoms with E-state index in [-0.39, 0.29) is 0 Å². The quantitative estimate of drug-likeness (QED) is 0.773. The van der Waals surface area contributed by atoms with Crippen LogP contribution in [0.15, 0.2) is 18.2 Å². The van der Waals surface area contributed by atoms with E-state index in [2.05, 4.69) is 18.3 Å². The number of nitrogen functional groups attached to an aromatic ring is 1. The van der Waals surface area contributed by atoms with Crippen LogP contribution in [-0.4, -0.2) is 19.3 Å². The number of nitrogens with two attached hydrogens (primary N) is 1. The van der Waals surface area contributed by atoms with E-state index in [0.29, 0.717) is 6.10 Å². The average Bonchev–Trinajstić information content (AvgIpc) is 2.24. The molecule has 1 aromatic rings. The van der Waals surface area contributed by atoms with Gasteiger partial charge in [0.1, 0.15) is 0 Å². The summed E-state index contributed by atoms with van der Waals surface area (Å²) in [4.78, 5) is 0. The summed E-state index contributed by atoms with van der Waals surface area (Å²) < 4.78 is 5.32. The van der Waals surface area contributed by atoms with Crippen LogP contribution in [0.5, 0.6) is 0 Å². The molecule has 90 valence electrons. The summed E-state index contributed by atoms with van der Waals surface area (Å²) in [6.45, 7) is 7.81. The van der Waals surface area contributed by atoms with Crippen molar-refractivity contribution in [2.24, 2.45) is 0 Å². The van der Waals surface area contributed by atoms with E-state index >= 15 is 0 Å². The van der Waals surface area contributed by atoms with E-state index in [1.807, 2.05) is 26.0 Å². The Labute approximate surface area is 98.0 Å². The third kappa shape index (κ3) is 3.42. The second-order valence-corrected chi connectivity index (χ2v) is 3.75. The highest BCUT2D eigenvalue weighted by molar-refractivity contribution is 5.66. The molecule has 1 atom stereocenters. The van der Waals surface area contributed by atoms with Gasteiger partial charge in [-0.2, -0.15) is 0 Å². The first kappa shape index (κ1) is 12.8. The lowest BCUT2D eigenvalue weighted by Crippen LogP contribution is -2.33. The molecule has 1 aromatic carbocycles. The minimum absolute atomic E-state index is 0.370. The third-order valence-electron chi connectivity index (χ3n) is 2.52. The Morgan fingerprint density at radius 3 is 2.69 bits per heavy atom. The zero-order valence-electron chi connectivity index (χ0n) is 10.4. The Bertz CT molecular complexity index is 322. The van der Waals surface area contributed by atoms with Gasteiger partial charge in [0.25, 0.3) is 0 Å². The topological polar surface area (TPSA) is 47.3 Å². The Hall–Kier alpha value is -1.22. The van der Waals surface area contributed by atoms with Crippen LogP contribution in [0, 0.1) is 6.92 Å². The summed E-state index contributed by atoms with van der Waals surface area (Å²) >= 11 is 0. The maximum atomic E-state index is 5.83. The van der Waals surface area contributed by atoms with E-state index in [1.165, 1.54) is 5.56 Å². The highest BCUT2D eigenvalue weighted by atomic mass is 16.5. The van der Waals surface area contributed by atoms with E-state index in [4.69, 9.17) is 10.5 Å². The van der Waals surface area contributed by atoms with Crippen molar-refractivity contribution >= 4 is 11.4 Å². The van der Waals surface area contributed by atoms with Crippen LogP contribution in [0.4, 0.5) is 11.4 Å². The first-order valence-electron chi connectivity index (χ1n) is 5.97. The van der Waals surface area contributed by atoms with Crippen LogP contribution in [0.2, 0.25) is 0 Å². The average molecular weight is 222 g/mol. The Morgan fingerprint density at radius 2 is 2.12 bits per heavy atom. The predicted octanol–water partition coefficient (Wildman–Crippen LogP) is 2.80. The van der Waals surface area contributed by atoms with Crippen molar-refractivity contribution in [3.05, 3.63) is 23.8 Å². The van der Waals surface area contributed by atoms with Gasteiger partial charge in [0.2, 0.25) is 0 Å². The number of hydrogen-bond acceptors (Lipinski definition) is 3. The molecule has 0 amide bonds. The largest absolute Gasteiger partial charge is 0.397 e. The smallest absolute Gasteiger partial charge is 0.0769 e. The van der Waals surface area contributed by atoms with Gasteiger partial charge in [-0.15, -0.1) is 0 Å². The van der Waals surface area contributed by atoms with Gasteiger partial charge in [0.05, 0.1) is 17.5 Å². The van der Waals surface area contributed by atoms with Gasteiger partial charge in [0.15, 0.2) is 0 Å². The fraction of sp³-hybridized carbons (Fsp3) is 0.538. The minimum Gasteiger partial charge on any atom is -0.397 e. The Morgan fingerprint density at radius 1 is 1.44 bits per heavy atom. The molecule has 1 aliphatic heterocycles. The number of benzene rings is 1. The lowest BCUT2D eigenvalue weighted by atomic mass is 10.1. The Kier molecular flexibility index (Phi) is 5.12. The molecule has 0 saturated carbocycles. The molecule has 1 heterocycles. The zero-order valence-corrected chi connectivity index (χ0v) is 10.4. The van der Waals surface area contributed by atoms with Gasteiger partial charge in [-0.25, -0.2) is 0 Å². The van der Waals surface area contributed by atoms with Gasteiger partial charge >= 0.3 is 0 Å². The van der Waals surface area contributed by atoms with Crippen LogP contribution in [0.25, 0.3) is 0 Å². The fourth-order valence-corrected chi connectivity index (χ4v) is 1.49. The van der Waals surface area contributed by atoms with Crippen molar-refractivity contribution in [1.29, 1.82) is 0 Å². The highest BCUT2D eigenvalue weighted by Gasteiger charge is 2.17. The molecule has 0 aromatic heterocycles. The molecule has 1 aliphatic rings. The molecule has 16 heavy (non-hydrogen) atoms. The standard InChI is InChI=1S/C11H16N2O.C2H6/c1-8-2-3-10(12)11(6-8)13-7-9-4-5-14-9;1-2/h2-3,6,9,13H,4-5,7,12H2,1H3;1-2H3. The molecule has 0 aliphatic carbocycles. The van der Waals surface area contributed by atoms with Crippen LogP contribution in [0.1, 0.15) is 25.8 Å². The van der Waals surface area contributed by atoms with Gasteiger partial charge in [-0.3, -0.25) is 0 Å². The first-order valence-corrected chi connectivity index (χ1v) is 5.97. The van der Waals surface area contributed by atoms with E-state index in [0.717, 1.165) is 30.9 Å². The molecule has 3 N–H and O–H groups in total. The van der Waals surface area contributed by atoms with Gasteiger partial charge in [0, 0.05) is 13.2 Å². The van der Waals surface area contributed by atoms with E-state index < -0.39 is 0 Å². The van der Waals surface area contributed by atoms with Crippen LogP contribution in [0.3, 0.4) is 0 Å². The minimum atomic E-state index is 0.370. The molecule has 0 radical (unpaired) electrons. The van der Waals surface area contributed by atoms with Crippen molar-refractivity contribution < 1.29 is 4.74 Å². The first-order chi connectivity index (χ1) is 7.75. The van der Waals surface area contributed by atoms with Crippen molar-refractivity contribution in [2.75, 3.05) is 24.2 Å². The molecule has 2 rings (SSSR count). The van der Waals surface area contributed by atoms with Crippen molar-refractivity contribution in [3.8, 4) is 0 Å². The summed E-state index contributed by atoms with van der Waals surface area (Å²) in [5, 5.41) is 3.31. The van der Waals surface area contributed by atoms with Gasteiger partial charge in [-0.1, -0.05) is 19.9 Å². The van der Waals surface area contributed by atoms with Crippen LogP contribution < -0.4 is 11.1 Å². The zero-order chi connectivity index (χ0) is 12.0. The number of aryl methyl sites for hydroxylation is 1. The number of hydrogen-bond donors (Lipinski definition) is 2. The number of ether oxygens (including phenoxy) is 1. The predicted molar refractivity (Wildman–Crippen MR) is 69.8 cm³/mol. The summed E-state index contributed by atoms with van der Waals surface area (Å²) in [5.41, 5.74) is 8.87. The maximum absolute atomic E-state index is 5.83. The Balaban J connectivity index is 0.000000606. The lowest BCUT2D eigenvalue weighted by Gasteiger charge is -2.27. The number of nitrogens with one attached hydrogen (secondary N) is 1. The van der Waals surface area contributed by atoms with E-state index in [1.54, 1.807) is 0 Å². The summed E-state index contributed by atoms with van der Waals surface area (Å²) in [7, 11) is 0. The van der Waals surface area contributed by atoms with Crippen LogP contribution >= 0.6 is 0 Å². The van der Waals surface area contributed by atoms with Gasteiger partial charge in [-0.05, 0) is 31.0 Å². The molecule has 1 fully saturated rings. The van der Waals surface area contributed by atoms with Crippen molar-refractivity contribution in [1.82, 2.24) is 0 Å². The second kappa shape index (κ2) is 6.38. The summed E-state index contributed by atoms with van der Waals surface area (Å²) in [6.07, 6.45) is 1.52. The second-order valence-electron chi connectivity index (χ2n) is 3.75. The molecule has 1 saturated heterocycles. The van der Waals surface area contributed by atoms with Crippen molar-refractivity contribution in [2.45, 2.75) is 33.3 Å². The van der Waals surface area contributed by atoms with Gasteiger partial charge < -0.3 is 15.8 Å². The number of rotatable bonds is 3. The molecule has 3 nitrogen and oxygen atoms in total. The number of anilines is 2. The fourth-order valence-electron chi connectivity index (χ4n) is 1.49. The lowest BCUT2D eigenvalue weighted by molar-refractivity contribution is -0.0410. The third-order valence-corrected chi connectivity index (χ3v) is 2.52. The van der Waals surface area contributed by atoms with Crippen molar-refractivity contribution in [3.63, 3.8) is 0 Å². The molecular weight excluding hydrogens is 200 g/mol.